The van der Waals surface area contributed by atoms with E-state index in [9.17, 15) is 4.79 Å². The van der Waals surface area contributed by atoms with E-state index in [1.54, 1.807) is 6.07 Å². The minimum atomic E-state index is -0.242. The maximum Gasteiger partial charge on any atom is 0.231 e. The Morgan fingerprint density at radius 2 is 1.72 bits per heavy atom. The average molecular weight is 429 g/mol. The minimum Gasteiger partial charge on any atom is -0.330 e. The molecule has 1 amide bonds. The quantitative estimate of drug-likeness (QED) is 0.569. The van der Waals surface area contributed by atoms with Crippen molar-refractivity contribution < 1.29 is 4.79 Å². The highest BCUT2D eigenvalue weighted by atomic mass is 35.5. The first-order valence-corrected chi connectivity index (χ1v) is 11.1. The van der Waals surface area contributed by atoms with Gasteiger partial charge in [-0.25, -0.2) is 0 Å². The molecule has 0 saturated carbocycles. The van der Waals surface area contributed by atoms with E-state index in [2.05, 4.69) is 41.3 Å². The first kappa shape index (κ1) is 20.5. The fourth-order valence-electron chi connectivity index (χ4n) is 4.37. The highest BCUT2D eigenvalue weighted by molar-refractivity contribution is 6.42. The van der Waals surface area contributed by atoms with Gasteiger partial charge >= 0.3 is 0 Å². The second kappa shape index (κ2) is 9.34. The third kappa shape index (κ3) is 4.69. The lowest BCUT2D eigenvalue weighted by Gasteiger charge is -2.35. The number of hydrogen-bond acceptors (Lipinski definition) is 2. The standard InChI is InChI=1S/C24H26Cl2N2O/c25-21-12-11-19(16-22(21)26)20-10-4-5-15-28(24(20)29)23(17-27-13-6-7-14-27)18-8-2-1-3-9-18/h1-5,8-9,11-12,16,20,23H,6-7,10,13-15,17H2. The molecule has 0 bridgehead atoms. The van der Waals surface area contributed by atoms with Crippen molar-refractivity contribution >= 4 is 29.1 Å². The molecule has 2 heterocycles. The van der Waals surface area contributed by atoms with Crippen LogP contribution >= 0.6 is 23.2 Å². The van der Waals surface area contributed by atoms with Gasteiger partial charge in [-0.15, -0.1) is 0 Å². The molecule has 3 nitrogen and oxygen atoms in total. The molecule has 29 heavy (non-hydrogen) atoms. The molecule has 0 spiro atoms. The molecule has 0 aromatic heterocycles. The van der Waals surface area contributed by atoms with Crippen LogP contribution in [0.3, 0.4) is 0 Å². The zero-order valence-corrected chi connectivity index (χ0v) is 17.9. The Bertz CT molecular complexity index is 878. The number of benzene rings is 2. The molecule has 4 rings (SSSR count). The monoisotopic (exact) mass is 428 g/mol. The zero-order valence-electron chi connectivity index (χ0n) is 16.4. The van der Waals surface area contributed by atoms with Crippen molar-refractivity contribution in [3.63, 3.8) is 0 Å². The Morgan fingerprint density at radius 3 is 2.45 bits per heavy atom. The SMILES string of the molecule is O=C1C(c2ccc(Cl)c(Cl)c2)CC=CCN1C(CN1CCCC1)c1ccccc1. The molecule has 2 aromatic rings. The van der Waals surface area contributed by atoms with Gasteiger partial charge in [0.25, 0.3) is 0 Å². The topological polar surface area (TPSA) is 23.6 Å². The molecule has 2 aliphatic rings. The first-order chi connectivity index (χ1) is 14.1. The molecule has 2 aliphatic heterocycles. The summed E-state index contributed by atoms with van der Waals surface area (Å²) in [5.41, 5.74) is 2.12. The summed E-state index contributed by atoms with van der Waals surface area (Å²) < 4.78 is 0. The van der Waals surface area contributed by atoms with E-state index in [-0.39, 0.29) is 17.9 Å². The van der Waals surface area contributed by atoms with Gasteiger partial charge in [0.15, 0.2) is 0 Å². The number of hydrogen-bond donors (Lipinski definition) is 0. The van der Waals surface area contributed by atoms with Gasteiger partial charge in [0.1, 0.15) is 0 Å². The van der Waals surface area contributed by atoms with Crippen molar-refractivity contribution in [2.24, 2.45) is 0 Å². The summed E-state index contributed by atoms with van der Waals surface area (Å²) in [6.07, 6.45) is 7.39. The predicted octanol–water partition coefficient (Wildman–Crippen LogP) is 5.70. The maximum atomic E-state index is 13.7. The van der Waals surface area contributed by atoms with Crippen LogP contribution in [0.25, 0.3) is 0 Å². The largest absolute Gasteiger partial charge is 0.330 e. The average Bonchev–Trinajstić information content (AvgIpc) is 3.18. The van der Waals surface area contributed by atoms with Gasteiger partial charge in [-0.1, -0.05) is 71.8 Å². The molecular weight excluding hydrogens is 403 g/mol. The molecule has 0 N–H and O–H groups in total. The summed E-state index contributed by atoms with van der Waals surface area (Å²) >= 11 is 12.3. The smallest absolute Gasteiger partial charge is 0.231 e. The van der Waals surface area contributed by atoms with E-state index >= 15 is 0 Å². The lowest BCUT2D eigenvalue weighted by atomic mass is 9.93. The van der Waals surface area contributed by atoms with Crippen LogP contribution < -0.4 is 0 Å². The van der Waals surface area contributed by atoms with Crippen molar-refractivity contribution in [1.82, 2.24) is 9.80 Å². The maximum absolute atomic E-state index is 13.7. The predicted molar refractivity (Wildman–Crippen MR) is 120 cm³/mol. The van der Waals surface area contributed by atoms with Crippen LogP contribution in [-0.4, -0.2) is 41.9 Å². The van der Waals surface area contributed by atoms with Crippen molar-refractivity contribution in [2.45, 2.75) is 31.2 Å². The van der Waals surface area contributed by atoms with Crippen LogP contribution in [0.2, 0.25) is 10.0 Å². The van der Waals surface area contributed by atoms with Gasteiger partial charge in [0, 0.05) is 13.1 Å². The number of carbonyl (C=O) groups excluding carboxylic acids is 1. The second-order valence-corrected chi connectivity index (χ2v) is 8.67. The number of amides is 1. The van der Waals surface area contributed by atoms with Crippen molar-refractivity contribution in [1.29, 1.82) is 0 Å². The van der Waals surface area contributed by atoms with Crippen molar-refractivity contribution in [2.75, 3.05) is 26.2 Å². The van der Waals surface area contributed by atoms with E-state index in [4.69, 9.17) is 23.2 Å². The van der Waals surface area contributed by atoms with E-state index in [0.717, 1.165) is 25.2 Å². The fraction of sp³-hybridized carbons (Fsp3) is 0.375. The summed E-state index contributed by atoms with van der Waals surface area (Å²) in [7, 11) is 0. The van der Waals surface area contributed by atoms with Gasteiger partial charge in [0.2, 0.25) is 5.91 Å². The van der Waals surface area contributed by atoms with E-state index < -0.39 is 0 Å². The molecule has 0 radical (unpaired) electrons. The third-order valence-corrected chi connectivity index (χ3v) is 6.70. The summed E-state index contributed by atoms with van der Waals surface area (Å²) in [6, 6.07) is 16.0. The molecule has 2 aromatic carbocycles. The van der Waals surface area contributed by atoms with Gasteiger partial charge in [-0.05, 0) is 55.6 Å². The number of halogens is 2. The summed E-state index contributed by atoms with van der Waals surface area (Å²) in [6.45, 7) is 3.72. The normalized spacial score (nSPS) is 21.4. The number of allylic oxidation sites excluding steroid dienone is 1. The van der Waals surface area contributed by atoms with Crippen LogP contribution in [0.5, 0.6) is 0 Å². The Labute approximate surface area is 182 Å². The van der Waals surface area contributed by atoms with E-state index in [1.165, 1.54) is 18.4 Å². The number of likely N-dealkylation sites (tertiary alicyclic amines) is 1. The summed E-state index contributed by atoms with van der Waals surface area (Å²) in [4.78, 5) is 18.2. The summed E-state index contributed by atoms with van der Waals surface area (Å²) in [5.74, 6) is -0.0882. The van der Waals surface area contributed by atoms with Gasteiger partial charge in [0.05, 0.1) is 22.0 Å². The second-order valence-electron chi connectivity index (χ2n) is 7.86. The molecular formula is C24H26Cl2N2O. The number of carbonyl (C=O) groups is 1. The zero-order chi connectivity index (χ0) is 20.2. The number of rotatable bonds is 5. The van der Waals surface area contributed by atoms with Crippen LogP contribution in [0, 0.1) is 0 Å². The van der Waals surface area contributed by atoms with Crippen molar-refractivity contribution in [3.05, 3.63) is 81.9 Å². The first-order valence-electron chi connectivity index (χ1n) is 10.3. The van der Waals surface area contributed by atoms with Crippen molar-refractivity contribution in [3.8, 4) is 0 Å². The minimum absolute atomic E-state index is 0.0369. The molecule has 0 aliphatic carbocycles. The van der Waals surface area contributed by atoms with E-state index in [1.807, 2.05) is 23.1 Å². The molecule has 2 atom stereocenters. The highest BCUT2D eigenvalue weighted by Gasteiger charge is 2.33. The molecule has 1 saturated heterocycles. The van der Waals surface area contributed by atoms with Crippen LogP contribution in [0.4, 0.5) is 0 Å². The Morgan fingerprint density at radius 1 is 0.966 bits per heavy atom. The molecule has 2 unspecified atom stereocenters. The third-order valence-electron chi connectivity index (χ3n) is 5.96. The lowest BCUT2D eigenvalue weighted by molar-refractivity contribution is -0.134. The highest BCUT2D eigenvalue weighted by Crippen LogP contribution is 2.34. The lowest BCUT2D eigenvalue weighted by Crippen LogP contribution is -2.42. The van der Waals surface area contributed by atoms with Crippen LogP contribution in [-0.2, 0) is 4.79 Å². The van der Waals surface area contributed by atoms with Gasteiger partial charge in [-0.3, -0.25) is 4.79 Å². The fourth-order valence-corrected chi connectivity index (χ4v) is 4.68. The molecule has 5 heteroatoms. The number of nitrogens with zero attached hydrogens (tertiary/aromatic N) is 2. The van der Waals surface area contributed by atoms with Gasteiger partial charge in [-0.2, -0.15) is 0 Å². The van der Waals surface area contributed by atoms with Crippen LogP contribution in [0.1, 0.15) is 42.3 Å². The van der Waals surface area contributed by atoms with Crippen LogP contribution in [0.15, 0.2) is 60.7 Å². The Hall–Kier alpha value is -1.81. The molecule has 1 fully saturated rings. The van der Waals surface area contributed by atoms with Gasteiger partial charge < -0.3 is 9.80 Å². The summed E-state index contributed by atoms with van der Waals surface area (Å²) in [5, 5.41) is 1.01. The Balaban J connectivity index is 1.66. The Kier molecular flexibility index (Phi) is 6.59. The molecule has 152 valence electrons. The van der Waals surface area contributed by atoms with E-state index in [0.29, 0.717) is 23.0 Å².